The molecule has 1 aliphatic heterocycles. The van der Waals surface area contributed by atoms with E-state index in [-0.39, 0.29) is 24.0 Å². The van der Waals surface area contributed by atoms with Gasteiger partial charge >= 0.3 is 5.97 Å². The van der Waals surface area contributed by atoms with Gasteiger partial charge in [0.1, 0.15) is 0 Å². The molecule has 2 aromatic rings. The summed E-state index contributed by atoms with van der Waals surface area (Å²) >= 11 is 1.64. The molecule has 0 spiro atoms. The molecule has 4 rings (SSSR count). The summed E-state index contributed by atoms with van der Waals surface area (Å²) in [4.78, 5) is 38.2. The van der Waals surface area contributed by atoms with E-state index in [1.165, 1.54) is 12.1 Å². The van der Waals surface area contributed by atoms with Gasteiger partial charge in [0.05, 0.1) is 17.1 Å². The van der Waals surface area contributed by atoms with Crippen LogP contribution in [-0.2, 0) is 14.3 Å². The van der Waals surface area contributed by atoms with Crippen LogP contribution in [0.5, 0.6) is 0 Å². The maximum atomic E-state index is 13.4. The number of non-ortho nitro benzene ring substituents is 1. The third kappa shape index (κ3) is 4.10. The van der Waals surface area contributed by atoms with E-state index in [1.54, 1.807) is 23.5 Å². The predicted octanol–water partition coefficient (Wildman–Crippen LogP) is 4.97. The molecule has 2 atom stereocenters. The normalized spacial score (nSPS) is 20.6. The Morgan fingerprint density at radius 1 is 1.25 bits per heavy atom. The molecule has 32 heavy (non-hydrogen) atoms. The summed E-state index contributed by atoms with van der Waals surface area (Å²) < 4.78 is 5.43. The molecular formula is C24H24N2O5S. The molecule has 1 aromatic carbocycles. The Morgan fingerprint density at radius 3 is 2.62 bits per heavy atom. The van der Waals surface area contributed by atoms with Crippen LogP contribution in [0.25, 0.3) is 0 Å². The highest BCUT2D eigenvalue weighted by Gasteiger charge is 2.41. The van der Waals surface area contributed by atoms with Crippen LogP contribution < -0.4 is 5.32 Å². The molecule has 0 amide bonds. The minimum absolute atomic E-state index is 0.0196. The van der Waals surface area contributed by atoms with Crippen LogP contribution >= 0.6 is 11.3 Å². The molecule has 0 radical (unpaired) electrons. The van der Waals surface area contributed by atoms with E-state index in [2.05, 4.69) is 5.32 Å². The van der Waals surface area contributed by atoms with Crippen molar-refractivity contribution in [1.82, 2.24) is 5.32 Å². The van der Waals surface area contributed by atoms with E-state index in [1.807, 2.05) is 31.4 Å². The summed E-state index contributed by atoms with van der Waals surface area (Å²) in [6.45, 7) is 4.00. The lowest BCUT2D eigenvalue weighted by atomic mass is 9.72. The van der Waals surface area contributed by atoms with Gasteiger partial charge in [-0.2, -0.15) is 0 Å². The van der Waals surface area contributed by atoms with Gasteiger partial charge in [0.25, 0.3) is 5.69 Å². The lowest BCUT2D eigenvalue weighted by Crippen LogP contribution is -2.36. The topological polar surface area (TPSA) is 98.5 Å². The number of ketones is 1. The largest absolute Gasteiger partial charge is 0.462 e. The smallest absolute Gasteiger partial charge is 0.336 e. The highest BCUT2D eigenvalue weighted by molar-refractivity contribution is 7.10. The number of carbonyl (C=O) groups is 2. The average Bonchev–Trinajstić information content (AvgIpc) is 3.31. The van der Waals surface area contributed by atoms with Crippen LogP contribution in [0.15, 0.2) is 64.3 Å². The molecule has 2 aliphatic rings. The van der Waals surface area contributed by atoms with E-state index >= 15 is 0 Å². The number of hydrogen-bond acceptors (Lipinski definition) is 7. The van der Waals surface area contributed by atoms with Crippen LogP contribution in [0.3, 0.4) is 0 Å². The first-order valence-electron chi connectivity index (χ1n) is 10.6. The van der Waals surface area contributed by atoms with Crippen molar-refractivity contribution in [3.63, 3.8) is 0 Å². The van der Waals surface area contributed by atoms with Gasteiger partial charge in [-0.1, -0.05) is 25.1 Å². The second kappa shape index (κ2) is 9.08. The Labute approximate surface area is 189 Å². The SMILES string of the molecule is CCCOC(=O)C1=C(C)NC2=C(C(=O)C[C@@H](c3cccs3)C2)[C@@H]1c1ccc([N+](=O)[O-])cc1. The fourth-order valence-corrected chi connectivity index (χ4v) is 5.26. The third-order valence-corrected chi connectivity index (χ3v) is 6.90. The number of rotatable bonds is 6. The van der Waals surface area contributed by atoms with Crippen molar-refractivity contribution < 1.29 is 19.2 Å². The van der Waals surface area contributed by atoms with Crippen LogP contribution in [0.2, 0.25) is 0 Å². The molecule has 1 aromatic heterocycles. The number of benzene rings is 1. The highest BCUT2D eigenvalue weighted by atomic mass is 32.1. The van der Waals surface area contributed by atoms with Gasteiger partial charge in [0, 0.05) is 52.2 Å². The van der Waals surface area contributed by atoms with Crippen LogP contribution in [0, 0.1) is 10.1 Å². The summed E-state index contributed by atoms with van der Waals surface area (Å²) in [5, 5.41) is 16.4. The molecule has 0 unspecified atom stereocenters. The Bertz CT molecular complexity index is 1120. The second-order valence-corrected chi connectivity index (χ2v) is 9.00. The Hall–Kier alpha value is -3.26. The number of ether oxygens (including phenoxy) is 1. The van der Waals surface area contributed by atoms with Gasteiger partial charge in [-0.3, -0.25) is 14.9 Å². The third-order valence-electron chi connectivity index (χ3n) is 5.87. The number of thiophene rings is 1. The molecule has 0 saturated carbocycles. The van der Waals surface area contributed by atoms with Crippen LogP contribution in [-0.4, -0.2) is 23.3 Å². The molecular weight excluding hydrogens is 428 g/mol. The summed E-state index contributed by atoms with van der Waals surface area (Å²) in [5.41, 5.74) is 3.02. The first-order valence-corrected chi connectivity index (χ1v) is 11.5. The number of nitrogens with zero attached hydrogens (tertiary/aromatic N) is 1. The van der Waals surface area contributed by atoms with Crippen molar-refractivity contribution in [2.75, 3.05) is 6.61 Å². The van der Waals surface area contributed by atoms with Crippen LogP contribution in [0.4, 0.5) is 5.69 Å². The number of dihydropyridines is 1. The minimum Gasteiger partial charge on any atom is -0.462 e. The summed E-state index contributed by atoms with van der Waals surface area (Å²) in [7, 11) is 0. The maximum Gasteiger partial charge on any atom is 0.336 e. The molecule has 1 aliphatic carbocycles. The number of esters is 1. The lowest BCUT2D eigenvalue weighted by molar-refractivity contribution is -0.384. The molecule has 1 N–H and O–H groups in total. The molecule has 0 fully saturated rings. The van der Waals surface area contributed by atoms with Crippen molar-refractivity contribution in [2.45, 2.75) is 44.9 Å². The van der Waals surface area contributed by atoms with Crippen LogP contribution in [0.1, 0.15) is 55.4 Å². The highest BCUT2D eigenvalue weighted by Crippen LogP contribution is 2.46. The first kappa shape index (κ1) is 22.0. The Morgan fingerprint density at radius 2 is 2.00 bits per heavy atom. The number of nitrogens with one attached hydrogen (secondary N) is 1. The van der Waals surface area contributed by atoms with Crippen molar-refractivity contribution in [3.8, 4) is 0 Å². The monoisotopic (exact) mass is 452 g/mol. The van der Waals surface area contributed by atoms with E-state index in [0.29, 0.717) is 41.7 Å². The zero-order valence-electron chi connectivity index (χ0n) is 17.9. The number of Topliss-reactive ketones (excluding diaryl/α,β-unsaturated/α-hetero) is 1. The molecule has 166 valence electrons. The van der Waals surface area contributed by atoms with Crippen molar-refractivity contribution in [3.05, 3.63) is 84.9 Å². The molecule has 0 bridgehead atoms. The number of nitro benzene ring substituents is 1. The fourth-order valence-electron chi connectivity index (χ4n) is 4.43. The fraction of sp³-hybridized carbons (Fsp3) is 0.333. The maximum absolute atomic E-state index is 13.4. The zero-order chi connectivity index (χ0) is 22.8. The summed E-state index contributed by atoms with van der Waals surface area (Å²) in [6.07, 6.45) is 1.71. The second-order valence-electron chi connectivity index (χ2n) is 8.02. The lowest BCUT2D eigenvalue weighted by Gasteiger charge is -2.36. The Kier molecular flexibility index (Phi) is 6.23. The molecule has 7 nitrogen and oxygen atoms in total. The van der Waals surface area contributed by atoms with Gasteiger partial charge in [-0.25, -0.2) is 4.79 Å². The molecule has 2 heterocycles. The average molecular weight is 453 g/mol. The van der Waals surface area contributed by atoms with Gasteiger partial charge < -0.3 is 10.1 Å². The van der Waals surface area contributed by atoms with Crippen molar-refractivity contribution in [2.24, 2.45) is 0 Å². The molecule has 8 heteroatoms. The van der Waals surface area contributed by atoms with Gasteiger partial charge in [-0.15, -0.1) is 11.3 Å². The van der Waals surface area contributed by atoms with Gasteiger partial charge in [-0.05, 0) is 36.8 Å². The number of nitro groups is 1. The Balaban J connectivity index is 1.78. The van der Waals surface area contributed by atoms with E-state index < -0.39 is 16.8 Å². The minimum atomic E-state index is -0.617. The van der Waals surface area contributed by atoms with Crippen molar-refractivity contribution in [1.29, 1.82) is 0 Å². The van der Waals surface area contributed by atoms with Gasteiger partial charge in [0.15, 0.2) is 5.78 Å². The predicted molar refractivity (Wildman–Crippen MR) is 121 cm³/mol. The quantitative estimate of drug-likeness (QED) is 0.377. The van der Waals surface area contributed by atoms with Gasteiger partial charge in [0.2, 0.25) is 0 Å². The standard InChI is InChI=1S/C24H24N2O5S/c1-3-10-31-24(28)21-14(2)25-18-12-16(20-5-4-11-32-20)13-19(27)23(18)22(21)15-6-8-17(9-7-15)26(29)30/h4-9,11,16,22,25H,3,10,12-13H2,1-2H3/t16-,22+/m0/s1. The molecule has 0 saturated heterocycles. The van der Waals surface area contributed by atoms with E-state index in [9.17, 15) is 19.7 Å². The summed E-state index contributed by atoms with van der Waals surface area (Å²) in [6, 6.07) is 10.1. The van der Waals surface area contributed by atoms with E-state index in [0.717, 1.165) is 10.6 Å². The van der Waals surface area contributed by atoms with E-state index in [4.69, 9.17) is 4.74 Å². The number of hydrogen-bond donors (Lipinski definition) is 1. The summed E-state index contributed by atoms with van der Waals surface area (Å²) in [5.74, 6) is -1.02. The first-order chi connectivity index (χ1) is 15.4. The number of allylic oxidation sites excluding steroid dienone is 3. The number of carbonyl (C=O) groups excluding carboxylic acids is 2. The van der Waals surface area contributed by atoms with Crippen molar-refractivity contribution >= 4 is 28.8 Å². The zero-order valence-corrected chi connectivity index (χ0v) is 18.7.